The van der Waals surface area contributed by atoms with Gasteiger partial charge in [0.1, 0.15) is 12.4 Å². The molecule has 10 nitrogen and oxygen atoms in total. The number of likely N-dealkylation sites (tertiary alicyclic amines) is 2. The molecule has 4 rings (SSSR count). The average molecular weight is 512 g/mol. The van der Waals surface area contributed by atoms with Gasteiger partial charge in [0.05, 0.1) is 17.5 Å². The van der Waals surface area contributed by atoms with Gasteiger partial charge in [-0.2, -0.15) is 0 Å². The number of para-hydroxylation sites is 1. The fourth-order valence-electron chi connectivity index (χ4n) is 5.44. The van der Waals surface area contributed by atoms with Crippen LogP contribution in [0.3, 0.4) is 0 Å². The Labute approximate surface area is 217 Å². The van der Waals surface area contributed by atoms with E-state index in [1.807, 2.05) is 18.2 Å². The molecule has 1 aromatic carbocycles. The summed E-state index contributed by atoms with van der Waals surface area (Å²) in [7, 11) is 0. The number of carbonyl (C=O) groups is 4. The zero-order valence-electron chi connectivity index (χ0n) is 21.2. The third-order valence-electron chi connectivity index (χ3n) is 7.58. The maximum absolute atomic E-state index is 13.4. The molecule has 1 spiro atoms. The van der Waals surface area contributed by atoms with Crippen LogP contribution in [0.25, 0.3) is 0 Å². The van der Waals surface area contributed by atoms with Crippen molar-refractivity contribution in [2.45, 2.75) is 32.1 Å². The first-order valence-electron chi connectivity index (χ1n) is 13.1. The molecule has 10 heteroatoms. The maximum Gasteiger partial charge on any atom is 0.255 e. The van der Waals surface area contributed by atoms with E-state index in [1.165, 1.54) is 0 Å². The number of hydrogen-bond acceptors (Lipinski definition) is 6. The fourth-order valence-corrected chi connectivity index (χ4v) is 5.44. The number of nitrogens with one attached hydrogen (secondary N) is 2. The number of hydrogen-bond donors (Lipinski definition) is 3. The molecule has 2 saturated heterocycles. The Balaban J connectivity index is 1.41. The number of carbonyl (C=O) groups excluding carboxylic acids is 4. The number of benzene rings is 1. The van der Waals surface area contributed by atoms with Crippen LogP contribution in [0.2, 0.25) is 0 Å². The van der Waals surface area contributed by atoms with E-state index in [0.29, 0.717) is 69.7 Å². The number of rotatable bonds is 3. The van der Waals surface area contributed by atoms with Crippen molar-refractivity contribution >= 4 is 23.6 Å². The van der Waals surface area contributed by atoms with Crippen LogP contribution < -0.4 is 21.1 Å². The van der Waals surface area contributed by atoms with Gasteiger partial charge in [-0.3, -0.25) is 24.1 Å². The van der Waals surface area contributed by atoms with Gasteiger partial charge < -0.3 is 26.0 Å². The molecule has 4 amide bonds. The third kappa shape index (κ3) is 6.68. The minimum Gasteiger partial charge on any atom is -0.489 e. The van der Waals surface area contributed by atoms with Crippen molar-refractivity contribution in [3.8, 4) is 5.75 Å². The van der Waals surface area contributed by atoms with Gasteiger partial charge in [0.25, 0.3) is 5.91 Å². The van der Waals surface area contributed by atoms with Crippen molar-refractivity contribution in [1.82, 2.24) is 20.4 Å². The Bertz CT molecular complexity index is 1040. The summed E-state index contributed by atoms with van der Waals surface area (Å²) in [5.41, 5.74) is 5.21. The predicted octanol–water partition coefficient (Wildman–Crippen LogP) is 0.677. The van der Waals surface area contributed by atoms with E-state index in [-0.39, 0.29) is 42.7 Å². The van der Waals surface area contributed by atoms with Crippen LogP contribution in [0, 0.1) is 11.3 Å². The summed E-state index contributed by atoms with van der Waals surface area (Å²) in [5, 5.41) is 5.85. The van der Waals surface area contributed by atoms with Crippen LogP contribution in [0.15, 0.2) is 36.4 Å². The van der Waals surface area contributed by atoms with Crippen molar-refractivity contribution in [1.29, 1.82) is 0 Å². The second-order valence-corrected chi connectivity index (χ2v) is 10.1. The van der Waals surface area contributed by atoms with Crippen LogP contribution in [-0.2, 0) is 14.4 Å². The van der Waals surface area contributed by atoms with E-state index >= 15 is 0 Å². The monoisotopic (exact) mass is 511 g/mol. The van der Waals surface area contributed by atoms with Gasteiger partial charge in [0, 0.05) is 38.6 Å². The van der Waals surface area contributed by atoms with Gasteiger partial charge in [0.15, 0.2) is 0 Å². The molecule has 3 heterocycles. The van der Waals surface area contributed by atoms with E-state index in [2.05, 4.69) is 15.5 Å². The van der Waals surface area contributed by atoms with Gasteiger partial charge in [-0.25, -0.2) is 0 Å². The van der Waals surface area contributed by atoms with E-state index in [4.69, 9.17) is 10.5 Å². The molecule has 0 aromatic heterocycles. The molecule has 3 aliphatic rings. The summed E-state index contributed by atoms with van der Waals surface area (Å²) >= 11 is 0. The lowest BCUT2D eigenvalue weighted by atomic mass is 9.76. The van der Waals surface area contributed by atoms with Gasteiger partial charge >= 0.3 is 0 Å². The maximum atomic E-state index is 13.4. The van der Waals surface area contributed by atoms with E-state index < -0.39 is 5.41 Å². The predicted molar refractivity (Wildman–Crippen MR) is 138 cm³/mol. The number of fused-ring (bicyclic) bond motifs is 1. The summed E-state index contributed by atoms with van der Waals surface area (Å²) in [6, 6.07) is 7.09. The molecule has 1 unspecified atom stereocenters. The lowest BCUT2D eigenvalue weighted by molar-refractivity contribution is -0.140. The Morgan fingerprint density at radius 3 is 2.59 bits per heavy atom. The topological polar surface area (TPSA) is 134 Å². The number of nitrogens with two attached hydrogens (primary N) is 1. The first-order valence-corrected chi connectivity index (χ1v) is 13.1. The van der Waals surface area contributed by atoms with Crippen molar-refractivity contribution < 1.29 is 23.9 Å². The Hall–Kier alpha value is -3.40. The highest BCUT2D eigenvalue weighted by Crippen LogP contribution is 2.34. The molecular weight excluding hydrogens is 474 g/mol. The fraction of sp³-hybridized carbons (Fsp3) is 0.556. The molecule has 4 N–H and O–H groups in total. The summed E-state index contributed by atoms with van der Waals surface area (Å²) in [6.45, 7) is 3.43. The molecule has 0 aliphatic carbocycles. The zero-order chi connectivity index (χ0) is 26.3. The van der Waals surface area contributed by atoms with Gasteiger partial charge in [0.2, 0.25) is 17.7 Å². The molecule has 37 heavy (non-hydrogen) atoms. The highest BCUT2D eigenvalue weighted by molar-refractivity contribution is 5.97. The van der Waals surface area contributed by atoms with Crippen molar-refractivity contribution in [2.24, 2.45) is 17.1 Å². The molecule has 1 aromatic rings. The molecule has 0 bridgehead atoms. The van der Waals surface area contributed by atoms with Gasteiger partial charge in [-0.1, -0.05) is 24.3 Å². The smallest absolute Gasteiger partial charge is 0.255 e. The second kappa shape index (κ2) is 12.2. The van der Waals surface area contributed by atoms with Crippen molar-refractivity contribution in [3.63, 3.8) is 0 Å². The van der Waals surface area contributed by atoms with Crippen LogP contribution in [0.4, 0.5) is 0 Å². The second-order valence-electron chi connectivity index (χ2n) is 10.1. The standard InChI is InChI=1S/C27H37N5O5/c28-24(34)20-8-15-32(16-9-20)23(33)18-31-14-5-11-27(19-31)10-3-4-17-37-22-7-2-1-6-21(22)25(35)29-12-13-30-26(27)36/h1-4,6-7,20H,5,8-19H2,(H2,28,34)(H,29,35)(H,30,36)/b4-3-. The number of piperidine rings is 2. The largest absolute Gasteiger partial charge is 0.489 e. The first-order chi connectivity index (χ1) is 17.9. The normalized spacial score (nSPS) is 25.2. The van der Waals surface area contributed by atoms with Crippen LogP contribution in [0.1, 0.15) is 42.5 Å². The van der Waals surface area contributed by atoms with Gasteiger partial charge in [-0.05, 0) is 50.8 Å². The van der Waals surface area contributed by atoms with Gasteiger partial charge in [-0.15, -0.1) is 0 Å². The van der Waals surface area contributed by atoms with E-state index in [1.54, 1.807) is 23.1 Å². The summed E-state index contributed by atoms with van der Waals surface area (Å²) in [4.78, 5) is 54.3. The molecular formula is C27H37N5O5. The zero-order valence-corrected chi connectivity index (χ0v) is 21.2. The quantitative estimate of drug-likeness (QED) is 0.511. The minimum absolute atomic E-state index is 0.0200. The van der Waals surface area contributed by atoms with Crippen LogP contribution in [0.5, 0.6) is 5.75 Å². The highest BCUT2D eigenvalue weighted by Gasteiger charge is 2.42. The number of amides is 4. The summed E-state index contributed by atoms with van der Waals surface area (Å²) in [5.74, 6) is -0.238. The number of primary amides is 1. The lowest BCUT2D eigenvalue weighted by Crippen LogP contribution is -2.55. The number of nitrogens with zero attached hydrogens (tertiary/aromatic N) is 2. The SMILES string of the molecule is NC(=O)C1CCN(C(=O)CN2CCCC3(C/C=C\COc4ccccc4C(=O)NCCNC3=O)C2)CC1. The Morgan fingerprint density at radius 1 is 1.05 bits per heavy atom. The van der Waals surface area contributed by atoms with E-state index in [0.717, 1.165) is 13.0 Å². The Morgan fingerprint density at radius 2 is 1.81 bits per heavy atom. The molecule has 0 radical (unpaired) electrons. The van der Waals surface area contributed by atoms with Crippen LogP contribution >= 0.6 is 0 Å². The highest BCUT2D eigenvalue weighted by atomic mass is 16.5. The number of ether oxygens (including phenoxy) is 1. The molecule has 0 saturated carbocycles. The average Bonchev–Trinajstić information content (AvgIpc) is 2.90. The Kier molecular flexibility index (Phi) is 8.81. The summed E-state index contributed by atoms with van der Waals surface area (Å²) in [6.07, 6.45) is 7.09. The third-order valence-corrected chi connectivity index (χ3v) is 7.58. The molecule has 1 atom stereocenters. The molecule has 3 aliphatic heterocycles. The van der Waals surface area contributed by atoms with Crippen molar-refractivity contribution in [2.75, 3.05) is 52.4 Å². The number of allylic oxidation sites excluding steroid dienone is 1. The lowest BCUT2D eigenvalue weighted by Gasteiger charge is -2.42. The molecule has 2 fully saturated rings. The van der Waals surface area contributed by atoms with Crippen molar-refractivity contribution in [3.05, 3.63) is 42.0 Å². The van der Waals surface area contributed by atoms with E-state index in [9.17, 15) is 19.2 Å². The van der Waals surface area contributed by atoms with Crippen LogP contribution in [-0.4, -0.2) is 85.8 Å². The molecule has 200 valence electrons. The first kappa shape index (κ1) is 26.7. The summed E-state index contributed by atoms with van der Waals surface area (Å²) < 4.78 is 5.83. The minimum atomic E-state index is -0.667.